The van der Waals surface area contributed by atoms with Crippen LogP contribution in [0.25, 0.3) is 12.2 Å². The Labute approximate surface area is 184 Å². The van der Waals surface area contributed by atoms with E-state index in [9.17, 15) is 9.59 Å². The van der Waals surface area contributed by atoms with Crippen LogP contribution in [0, 0.1) is 0 Å². The Morgan fingerprint density at radius 1 is 1.00 bits per heavy atom. The number of carbonyl (C=O) groups excluding carboxylic acids is 2. The standard InChI is InChI=1S/C25H19NO6/c1-2-29-22-16-18(10-12-20(22)31-25(28)21-9-6-14-30-21)15-19-24(27)32-23(26-19)13-11-17-7-4-3-5-8-17/h3-16H,2H2,1H3. The van der Waals surface area contributed by atoms with Gasteiger partial charge in [-0.1, -0.05) is 36.4 Å². The largest absolute Gasteiger partial charge is 0.490 e. The number of aliphatic imine (C=N–C) groups is 1. The van der Waals surface area contributed by atoms with Crippen molar-refractivity contribution in [3.63, 3.8) is 0 Å². The SMILES string of the molecule is CCOc1cc(C=C2N=C(C=Cc3ccccc3)OC2=O)ccc1OC(=O)c1ccco1. The van der Waals surface area contributed by atoms with Crippen molar-refractivity contribution >= 4 is 30.0 Å². The lowest BCUT2D eigenvalue weighted by atomic mass is 10.1. The second-order valence-corrected chi connectivity index (χ2v) is 6.62. The number of rotatable bonds is 7. The molecule has 0 amide bonds. The molecule has 7 nitrogen and oxygen atoms in total. The first-order chi connectivity index (χ1) is 15.6. The smallest absolute Gasteiger partial charge is 0.379 e. The molecule has 1 aliphatic heterocycles. The molecule has 2 aromatic carbocycles. The number of esters is 2. The molecule has 0 atom stereocenters. The molecule has 0 unspecified atom stereocenters. The average molecular weight is 429 g/mol. The fraction of sp³-hybridized carbons (Fsp3) is 0.0800. The predicted molar refractivity (Wildman–Crippen MR) is 118 cm³/mol. The highest BCUT2D eigenvalue weighted by Crippen LogP contribution is 2.30. The summed E-state index contributed by atoms with van der Waals surface area (Å²) in [5.74, 6) is -0.317. The zero-order valence-corrected chi connectivity index (χ0v) is 17.2. The molecule has 160 valence electrons. The van der Waals surface area contributed by atoms with Crippen LogP contribution in [-0.2, 0) is 9.53 Å². The highest BCUT2D eigenvalue weighted by molar-refractivity contribution is 6.11. The maximum atomic E-state index is 12.2. The molecule has 4 rings (SSSR count). The Hall–Kier alpha value is -4.39. The molecule has 0 bridgehead atoms. The van der Waals surface area contributed by atoms with E-state index in [-0.39, 0.29) is 23.1 Å². The summed E-state index contributed by atoms with van der Waals surface area (Å²) in [5, 5.41) is 0. The van der Waals surface area contributed by atoms with Crippen LogP contribution in [-0.4, -0.2) is 24.4 Å². The summed E-state index contributed by atoms with van der Waals surface area (Å²) in [5.41, 5.74) is 1.75. The summed E-state index contributed by atoms with van der Waals surface area (Å²) < 4.78 is 21.2. The summed E-state index contributed by atoms with van der Waals surface area (Å²) in [6, 6.07) is 17.6. The number of furan rings is 1. The van der Waals surface area contributed by atoms with Crippen molar-refractivity contribution in [2.45, 2.75) is 6.92 Å². The second kappa shape index (κ2) is 9.61. The zero-order valence-electron chi connectivity index (χ0n) is 17.2. The fourth-order valence-electron chi connectivity index (χ4n) is 2.90. The van der Waals surface area contributed by atoms with E-state index < -0.39 is 11.9 Å². The van der Waals surface area contributed by atoms with Gasteiger partial charge >= 0.3 is 11.9 Å². The van der Waals surface area contributed by atoms with E-state index in [2.05, 4.69) is 4.99 Å². The molecule has 32 heavy (non-hydrogen) atoms. The van der Waals surface area contributed by atoms with Crippen molar-refractivity contribution in [2.24, 2.45) is 4.99 Å². The van der Waals surface area contributed by atoms with Crippen LogP contribution in [0.1, 0.15) is 28.6 Å². The summed E-state index contributed by atoms with van der Waals surface area (Å²) in [6.45, 7) is 2.17. The van der Waals surface area contributed by atoms with E-state index >= 15 is 0 Å². The lowest BCUT2D eigenvalue weighted by molar-refractivity contribution is -0.129. The van der Waals surface area contributed by atoms with Crippen LogP contribution in [0.15, 0.2) is 88.1 Å². The van der Waals surface area contributed by atoms with Gasteiger partial charge in [-0.2, -0.15) is 0 Å². The van der Waals surface area contributed by atoms with Gasteiger partial charge in [-0.15, -0.1) is 0 Å². The minimum atomic E-state index is -0.638. The zero-order chi connectivity index (χ0) is 22.3. The highest BCUT2D eigenvalue weighted by Gasteiger charge is 2.22. The van der Waals surface area contributed by atoms with E-state index in [1.165, 1.54) is 12.3 Å². The van der Waals surface area contributed by atoms with Crippen LogP contribution >= 0.6 is 0 Å². The molecule has 1 aromatic heterocycles. The van der Waals surface area contributed by atoms with Gasteiger partial charge in [0.1, 0.15) is 0 Å². The van der Waals surface area contributed by atoms with Crippen molar-refractivity contribution in [3.8, 4) is 11.5 Å². The maximum absolute atomic E-state index is 12.2. The summed E-state index contributed by atoms with van der Waals surface area (Å²) >= 11 is 0. The van der Waals surface area contributed by atoms with Crippen LogP contribution in [0.2, 0.25) is 0 Å². The minimum Gasteiger partial charge on any atom is -0.490 e. The quantitative estimate of drug-likeness (QED) is 0.301. The molecule has 0 N–H and O–H groups in total. The van der Waals surface area contributed by atoms with E-state index in [0.717, 1.165) is 5.56 Å². The first-order valence-corrected chi connectivity index (χ1v) is 9.90. The van der Waals surface area contributed by atoms with Crippen molar-refractivity contribution in [2.75, 3.05) is 6.61 Å². The van der Waals surface area contributed by atoms with Crippen LogP contribution < -0.4 is 9.47 Å². The van der Waals surface area contributed by atoms with E-state index in [4.69, 9.17) is 18.6 Å². The number of hydrogen-bond acceptors (Lipinski definition) is 7. The van der Waals surface area contributed by atoms with Gasteiger partial charge in [0.15, 0.2) is 17.2 Å². The summed E-state index contributed by atoms with van der Waals surface area (Å²) in [6.07, 6.45) is 6.41. The van der Waals surface area contributed by atoms with Crippen molar-refractivity contribution in [1.29, 1.82) is 0 Å². The summed E-state index contributed by atoms with van der Waals surface area (Å²) in [4.78, 5) is 28.6. The number of benzene rings is 2. The molecule has 2 heterocycles. The average Bonchev–Trinajstić information content (AvgIpc) is 3.45. The highest BCUT2D eigenvalue weighted by atomic mass is 16.6. The molecule has 0 radical (unpaired) electrons. The van der Waals surface area contributed by atoms with E-state index in [1.54, 1.807) is 36.4 Å². The lowest BCUT2D eigenvalue weighted by Crippen LogP contribution is -2.08. The molecular weight excluding hydrogens is 410 g/mol. The Bertz CT molecular complexity index is 1210. The van der Waals surface area contributed by atoms with Gasteiger partial charge in [0.25, 0.3) is 0 Å². The van der Waals surface area contributed by atoms with Crippen LogP contribution in [0.3, 0.4) is 0 Å². The minimum absolute atomic E-state index is 0.0813. The first kappa shape index (κ1) is 20.9. The first-order valence-electron chi connectivity index (χ1n) is 9.90. The molecule has 7 heteroatoms. The molecule has 0 saturated heterocycles. The topological polar surface area (TPSA) is 87.3 Å². The Balaban J connectivity index is 1.54. The molecular formula is C25H19NO6. The Morgan fingerprint density at radius 2 is 1.84 bits per heavy atom. The van der Waals surface area contributed by atoms with Gasteiger partial charge in [0, 0.05) is 6.08 Å². The van der Waals surface area contributed by atoms with Crippen LogP contribution in [0.5, 0.6) is 11.5 Å². The van der Waals surface area contributed by atoms with Crippen LogP contribution in [0.4, 0.5) is 0 Å². The van der Waals surface area contributed by atoms with E-state index in [1.807, 2.05) is 43.3 Å². The number of nitrogens with zero attached hydrogens (tertiary/aromatic N) is 1. The molecule has 1 aliphatic rings. The van der Waals surface area contributed by atoms with Gasteiger partial charge in [-0.3, -0.25) is 0 Å². The number of carbonyl (C=O) groups is 2. The van der Waals surface area contributed by atoms with Gasteiger partial charge in [-0.05, 0) is 54.5 Å². The number of cyclic esters (lactones) is 1. The van der Waals surface area contributed by atoms with Gasteiger partial charge < -0.3 is 18.6 Å². The Kier molecular flexibility index (Phi) is 6.27. The second-order valence-electron chi connectivity index (χ2n) is 6.62. The van der Waals surface area contributed by atoms with Crippen molar-refractivity contribution in [3.05, 3.63) is 95.6 Å². The molecule has 0 spiro atoms. The maximum Gasteiger partial charge on any atom is 0.379 e. The molecule has 0 fully saturated rings. The van der Waals surface area contributed by atoms with Gasteiger partial charge in [0.2, 0.25) is 11.7 Å². The fourth-order valence-corrected chi connectivity index (χ4v) is 2.90. The third-order valence-electron chi connectivity index (χ3n) is 4.35. The third kappa shape index (κ3) is 5.02. The third-order valence-corrected chi connectivity index (χ3v) is 4.35. The van der Waals surface area contributed by atoms with E-state index in [0.29, 0.717) is 17.9 Å². The summed E-state index contributed by atoms with van der Waals surface area (Å²) in [7, 11) is 0. The molecule has 3 aromatic rings. The normalized spacial score (nSPS) is 14.5. The van der Waals surface area contributed by atoms with Crippen molar-refractivity contribution < 1.29 is 28.2 Å². The lowest BCUT2D eigenvalue weighted by Gasteiger charge is -2.10. The monoisotopic (exact) mass is 429 g/mol. The molecule has 0 aliphatic carbocycles. The number of ether oxygens (including phenoxy) is 3. The van der Waals surface area contributed by atoms with Crippen molar-refractivity contribution in [1.82, 2.24) is 0 Å². The molecule has 0 saturated carbocycles. The number of hydrogen-bond donors (Lipinski definition) is 0. The van der Waals surface area contributed by atoms with Gasteiger partial charge in [-0.25, -0.2) is 14.6 Å². The Morgan fingerprint density at radius 3 is 2.59 bits per heavy atom. The van der Waals surface area contributed by atoms with Gasteiger partial charge in [0.05, 0.1) is 12.9 Å². The predicted octanol–water partition coefficient (Wildman–Crippen LogP) is 4.91.